The molecule has 2 fully saturated rings. The van der Waals surface area contributed by atoms with Crippen LogP contribution >= 0.6 is 0 Å². The van der Waals surface area contributed by atoms with Crippen LogP contribution in [0.25, 0.3) is 0 Å². The first-order chi connectivity index (χ1) is 4.29. The van der Waals surface area contributed by atoms with Gasteiger partial charge in [-0.25, -0.2) is 0 Å². The lowest BCUT2D eigenvalue weighted by Gasteiger charge is -2.10. The number of hydrogen-bond acceptors (Lipinski definition) is 3. The molecule has 50 valence electrons. The van der Waals surface area contributed by atoms with E-state index in [-0.39, 0.29) is 24.0 Å². The Balaban J connectivity index is 2.26. The van der Waals surface area contributed by atoms with Crippen LogP contribution in [0.2, 0.25) is 0 Å². The fourth-order valence-electron chi connectivity index (χ4n) is 1.45. The molecule has 0 aromatic heterocycles. The average Bonchev–Trinajstić information content (AvgIpc) is 2.25. The molecule has 2 bridgehead atoms. The van der Waals surface area contributed by atoms with Gasteiger partial charge in [-0.2, -0.15) is 0 Å². The van der Waals surface area contributed by atoms with Crippen LogP contribution in [0.3, 0.4) is 0 Å². The van der Waals surface area contributed by atoms with Gasteiger partial charge in [-0.1, -0.05) is 0 Å². The van der Waals surface area contributed by atoms with E-state index in [4.69, 9.17) is 5.73 Å². The van der Waals surface area contributed by atoms with Crippen LogP contribution in [0.4, 0.5) is 0 Å². The number of carbonyl (C=O) groups is 1. The standard InChI is InChI=1S/C5H9N3O/c6-3-2-1-7-4(3)5(9)8-2/h2-4,7H,1,6H2,(H,8,9). The minimum atomic E-state index is -0.116. The van der Waals surface area contributed by atoms with Gasteiger partial charge in [0, 0.05) is 6.54 Å². The Kier molecular flexibility index (Phi) is 0.841. The summed E-state index contributed by atoms with van der Waals surface area (Å²) in [7, 11) is 0. The summed E-state index contributed by atoms with van der Waals surface area (Å²) in [4.78, 5) is 10.8. The normalized spacial score (nSPS) is 47.7. The number of piperazine rings is 1. The van der Waals surface area contributed by atoms with E-state index in [0.29, 0.717) is 0 Å². The molecule has 4 nitrogen and oxygen atoms in total. The molecule has 4 heteroatoms. The van der Waals surface area contributed by atoms with Crippen molar-refractivity contribution in [2.75, 3.05) is 6.54 Å². The molecule has 9 heavy (non-hydrogen) atoms. The molecule has 2 aliphatic heterocycles. The molecule has 2 rings (SSSR count). The SMILES string of the molecule is NC1C2CNC1C(=O)N2. The maximum atomic E-state index is 10.8. The molecule has 0 aromatic carbocycles. The summed E-state index contributed by atoms with van der Waals surface area (Å²) in [5, 5.41) is 5.80. The highest BCUT2D eigenvalue weighted by Crippen LogP contribution is 2.12. The van der Waals surface area contributed by atoms with E-state index in [1.165, 1.54) is 0 Å². The summed E-state index contributed by atoms with van der Waals surface area (Å²) in [6.45, 7) is 0.831. The minimum absolute atomic E-state index is 0.00231. The second-order valence-corrected chi connectivity index (χ2v) is 2.58. The van der Waals surface area contributed by atoms with E-state index < -0.39 is 0 Å². The van der Waals surface area contributed by atoms with Crippen LogP contribution in [0, 0.1) is 0 Å². The Labute approximate surface area is 52.8 Å². The Hall–Kier alpha value is -0.610. The number of hydrogen-bond donors (Lipinski definition) is 3. The van der Waals surface area contributed by atoms with E-state index in [9.17, 15) is 4.79 Å². The molecule has 0 aliphatic carbocycles. The van der Waals surface area contributed by atoms with Crippen molar-refractivity contribution in [1.29, 1.82) is 0 Å². The number of carbonyl (C=O) groups excluding carboxylic acids is 1. The van der Waals surface area contributed by atoms with Crippen LogP contribution < -0.4 is 16.4 Å². The van der Waals surface area contributed by atoms with Crippen LogP contribution in [0.5, 0.6) is 0 Å². The third-order valence-electron chi connectivity index (χ3n) is 2.02. The molecule has 0 radical (unpaired) electrons. The quantitative estimate of drug-likeness (QED) is 0.345. The first-order valence-electron chi connectivity index (χ1n) is 3.08. The zero-order valence-corrected chi connectivity index (χ0v) is 4.92. The van der Waals surface area contributed by atoms with Crippen molar-refractivity contribution < 1.29 is 4.79 Å². The Morgan fingerprint density at radius 1 is 1.67 bits per heavy atom. The Bertz CT molecular complexity index is 158. The first-order valence-corrected chi connectivity index (χ1v) is 3.08. The van der Waals surface area contributed by atoms with Crippen molar-refractivity contribution in [3.05, 3.63) is 0 Å². The predicted octanol–water partition coefficient (Wildman–Crippen LogP) is -2.22. The zero-order valence-electron chi connectivity index (χ0n) is 4.92. The molecule has 3 atom stereocenters. The van der Waals surface area contributed by atoms with Crippen LogP contribution in [-0.2, 0) is 4.79 Å². The van der Waals surface area contributed by atoms with Gasteiger partial charge in [-0.05, 0) is 0 Å². The number of amides is 1. The lowest BCUT2D eigenvalue weighted by atomic mass is 10.2. The Morgan fingerprint density at radius 2 is 2.44 bits per heavy atom. The fourth-order valence-corrected chi connectivity index (χ4v) is 1.45. The van der Waals surface area contributed by atoms with E-state index in [2.05, 4.69) is 10.6 Å². The van der Waals surface area contributed by atoms with Gasteiger partial charge in [0.1, 0.15) is 6.04 Å². The largest absolute Gasteiger partial charge is 0.349 e. The number of rotatable bonds is 0. The third kappa shape index (κ3) is 0.516. The average molecular weight is 127 g/mol. The van der Waals surface area contributed by atoms with Crippen molar-refractivity contribution in [2.24, 2.45) is 5.73 Å². The monoisotopic (exact) mass is 127 g/mol. The summed E-state index contributed by atoms with van der Waals surface area (Å²) < 4.78 is 0. The third-order valence-corrected chi connectivity index (χ3v) is 2.02. The molecule has 4 N–H and O–H groups in total. The highest BCUT2D eigenvalue weighted by atomic mass is 16.2. The van der Waals surface area contributed by atoms with E-state index in [1.807, 2.05) is 0 Å². The first kappa shape index (κ1) is 5.20. The van der Waals surface area contributed by atoms with Crippen molar-refractivity contribution in [2.45, 2.75) is 18.1 Å². The van der Waals surface area contributed by atoms with E-state index in [0.717, 1.165) is 6.54 Å². The van der Waals surface area contributed by atoms with Crippen molar-refractivity contribution in [3.8, 4) is 0 Å². The highest BCUT2D eigenvalue weighted by Gasteiger charge is 2.45. The second-order valence-electron chi connectivity index (χ2n) is 2.58. The van der Waals surface area contributed by atoms with E-state index in [1.54, 1.807) is 0 Å². The molecule has 2 saturated heterocycles. The van der Waals surface area contributed by atoms with Gasteiger partial charge in [-0.15, -0.1) is 0 Å². The fraction of sp³-hybridized carbons (Fsp3) is 0.800. The van der Waals surface area contributed by atoms with Gasteiger partial charge in [0.05, 0.1) is 12.1 Å². The Morgan fingerprint density at radius 3 is 2.67 bits per heavy atom. The van der Waals surface area contributed by atoms with Crippen molar-refractivity contribution >= 4 is 5.91 Å². The summed E-state index contributed by atoms with van der Waals surface area (Å²) in [6.07, 6.45) is 0. The van der Waals surface area contributed by atoms with Crippen LogP contribution in [0.15, 0.2) is 0 Å². The molecule has 0 saturated carbocycles. The molecule has 0 spiro atoms. The van der Waals surface area contributed by atoms with Crippen molar-refractivity contribution in [3.63, 3.8) is 0 Å². The maximum absolute atomic E-state index is 10.8. The molecule has 1 amide bonds. The van der Waals surface area contributed by atoms with Gasteiger partial charge in [0.2, 0.25) is 5.91 Å². The summed E-state index contributed by atoms with van der Waals surface area (Å²) in [5.41, 5.74) is 5.63. The highest BCUT2D eigenvalue weighted by molar-refractivity contribution is 5.87. The van der Waals surface area contributed by atoms with Crippen molar-refractivity contribution in [1.82, 2.24) is 10.6 Å². The topological polar surface area (TPSA) is 67.1 Å². The molecular formula is C5H9N3O. The molecule has 3 unspecified atom stereocenters. The summed E-state index contributed by atoms with van der Waals surface area (Å²) in [6, 6.07) is 0.0648. The second kappa shape index (κ2) is 1.46. The number of fused-ring (bicyclic) bond motifs is 2. The minimum Gasteiger partial charge on any atom is -0.349 e. The lowest BCUT2D eigenvalue weighted by Crippen LogP contribution is -2.44. The van der Waals surface area contributed by atoms with Gasteiger partial charge in [0.15, 0.2) is 0 Å². The van der Waals surface area contributed by atoms with Gasteiger partial charge < -0.3 is 16.4 Å². The smallest absolute Gasteiger partial charge is 0.239 e. The molecular weight excluding hydrogens is 118 g/mol. The predicted molar refractivity (Wildman–Crippen MR) is 31.7 cm³/mol. The van der Waals surface area contributed by atoms with Crippen LogP contribution in [-0.4, -0.2) is 30.6 Å². The number of nitrogens with one attached hydrogen (secondary N) is 2. The molecule has 2 heterocycles. The van der Waals surface area contributed by atoms with Gasteiger partial charge in [0.25, 0.3) is 0 Å². The summed E-state index contributed by atoms with van der Waals surface area (Å²) >= 11 is 0. The number of nitrogens with two attached hydrogens (primary N) is 1. The van der Waals surface area contributed by atoms with Gasteiger partial charge >= 0.3 is 0 Å². The van der Waals surface area contributed by atoms with E-state index >= 15 is 0 Å². The van der Waals surface area contributed by atoms with Crippen LogP contribution in [0.1, 0.15) is 0 Å². The maximum Gasteiger partial charge on any atom is 0.239 e. The summed E-state index contributed by atoms with van der Waals surface area (Å²) in [5.74, 6) is 0.0544. The lowest BCUT2D eigenvalue weighted by molar-refractivity contribution is -0.121. The van der Waals surface area contributed by atoms with Gasteiger partial charge in [-0.3, -0.25) is 4.79 Å². The molecule has 0 aromatic rings. The zero-order chi connectivity index (χ0) is 6.43. The molecule has 2 aliphatic rings.